The number of hydrogen-bond donors (Lipinski definition) is 1. The van der Waals surface area contributed by atoms with Gasteiger partial charge in [0, 0.05) is 23.9 Å². The minimum absolute atomic E-state index is 0.602. The summed E-state index contributed by atoms with van der Waals surface area (Å²) in [5.74, 6) is 2.17. The van der Waals surface area contributed by atoms with Crippen LogP contribution >= 0.6 is 0 Å². The molecule has 0 amide bonds. The molecule has 1 N–H and O–H groups in total. The maximum Gasteiger partial charge on any atom is 0.274 e. The molecule has 1 saturated carbocycles. The van der Waals surface area contributed by atoms with Crippen molar-refractivity contribution in [1.29, 1.82) is 0 Å². The standard InChI is InChI=1S/C21H28N4O/c1-25(2)12-11-16-9-6-10-18-17(16)14-19(22-18)21-23-20(24-26-21)13-15-7-4-3-5-8-15/h6,9-10,14-15,22H,3-5,7-8,11-13H2,1-2H3. The summed E-state index contributed by atoms with van der Waals surface area (Å²) in [6.07, 6.45) is 8.62. The predicted octanol–water partition coefficient (Wildman–Crippen LogP) is 4.44. The molecule has 5 heteroatoms. The molecule has 0 radical (unpaired) electrons. The fourth-order valence-corrected chi connectivity index (χ4v) is 3.99. The van der Waals surface area contributed by atoms with Crippen LogP contribution in [0.1, 0.15) is 43.5 Å². The summed E-state index contributed by atoms with van der Waals surface area (Å²) in [4.78, 5) is 10.3. The predicted molar refractivity (Wildman–Crippen MR) is 104 cm³/mol. The van der Waals surface area contributed by atoms with Crippen molar-refractivity contribution in [2.45, 2.75) is 44.9 Å². The molecular weight excluding hydrogens is 324 g/mol. The summed E-state index contributed by atoms with van der Waals surface area (Å²) < 4.78 is 5.56. The van der Waals surface area contributed by atoms with Crippen LogP contribution < -0.4 is 0 Å². The van der Waals surface area contributed by atoms with Crippen LogP contribution in [-0.2, 0) is 12.8 Å². The molecule has 1 fully saturated rings. The molecule has 1 aliphatic rings. The lowest BCUT2D eigenvalue weighted by Gasteiger charge is -2.19. The Labute approximate surface area is 154 Å². The Hall–Kier alpha value is -2.14. The molecule has 2 aromatic heterocycles. The van der Waals surface area contributed by atoms with Gasteiger partial charge in [0.15, 0.2) is 5.82 Å². The van der Waals surface area contributed by atoms with Crippen molar-refractivity contribution in [3.05, 3.63) is 35.7 Å². The van der Waals surface area contributed by atoms with Gasteiger partial charge >= 0.3 is 0 Å². The van der Waals surface area contributed by atoms with Crippen LogP contribution in [0.25, 0.3) is 22.5 Å². The Balaban J connectivity index is 1.54. The normalized spacial score (nSPS) is 16.0. The third-order valence-corrected chi connectivity index (χ3v) is 5.48. The second-order valence-corrected chi connectivity index (χ2v) is 7.84. The zero-order valence-corrected chi connectivity index (χ0v) is 15.8. The number of hydrogen-bond acceptors (Lipinski definition) is 4. The van der Waals surface area contributed by atoms with E-state index in [1.54, 1.807) is 0 Å². The van der Waals surface area contributed by atoms with Crippen LogP contribution in [0.2, 0.25) is 0 Å². The maximum atomic E-state index is 5.56. The van der Waals surface area contributed by atoms with E-state index < -0.39 is 0 Å². The fraction of sp³-hybridized carbons (Fsp3) is 0.524. The van der Waals surface area contributed by atoms with Gasteiger partial charge in [-0.05, 0) is 44.1 Å². The number of rotatable bonds is 6. The monoisotopic (exact) mass is 352 g/mol. The zero-order chi connectivity index (χ0) is 17.9. The molecular formula is C21H28N4O. The number of likely N-dealkylation sites (N-methyl/N-ethyl adjacent to an activating group) is 1. The average molecular weight is 352 g/mol. The van der Waals surface area contributed by atoms with E-state index in [9.17, 15) is 0 Å². The molecule has 3 aromatic rings. The van der Waals surface area contributed by atoms with Crippen LogP contribution in [0.4, 0.5) is 0 Å². The highest BCUT2D eigenvalue weighted by atomic mass is 16.5. The highest BCUT2D eigenvalue weighted by Crippen LogP contribution is 2.28. The van der Waals surface area contributed by atoms with Gasteiger partial charge in [-0.15, -0.1) is 0 Å². The summed E-state index contributed by atoms with van der Waals surface area (Å²) in [7, 11) is 4.21. The fourth-order valence-electron chi connectivity index (χ4n) is 3.99. The number of fused-ring (bicyclic) bond motifs is 1. The molecule has 1 aromatic carbocycles. The molecule has 0 aliphatic heterocycles. The maximum absolute atomic E-state index is 5.56. The van der Waals surface area contributed by atoms with E-state index in [0.29, 0.717) is 5.89 Å². The lowest BCUT2D eigenvalue weighted by molar-refractivity contribution is 0.343. The van der Waals surface area contributed by atoms with Crippen molar-refractivity contribution in [3.8, 4) is 11.6 Å². The Morgan fingerprint density at radius 3 is 2.85 bits per heavy atom. The van der Waals surface area contributed by atoms with Gasteiger partial charge in [-0.2, -0.15) is 4.98 Å². The third kappa shape index (κ3) is 3.83. The van der Waals surface area contributed by atoms with Crippen LogP contribution in [0.5, 0.6) is 0 Å². The van der Waals surface area contributed by atoms with Gasteiger partial charge in [-0.1, -0.05) is 49.4 Å². The van der Waals surface area contributed by atoms with E-state index in [1.807, 2.05) is 0 Å². The van der Waals surface area contributed by atoms with Crippen LogP contribution in [0.15, 0.2) is 28.8 Å². The van der Waals surface area contributed by atoms with E-state index in [1.165, 1.54) is 43.1 Å². The highest BCUT2D eigenvalue weighted by molar-refractivity contribution is 5.87. The lowest BCUT2D eigenvalue weighted by atomic mass is 9.87. The van der Waals surface area contributed by atoms with E-state index in [-0.39, 0.29) is 0 Å². The molecule has 1 aliphatic carbocycles. The molecule has 5 nitrogen and oxygen atoms in total. The Kier molecular flexibility index (Phi) is 5.07. The number of H-pyrrole nitrogens is 1. The van der Waals surface area contributed by atoms with E-state index in [2.05, 4.69) is 58.4 Å². The summed E-state index contributed by atoms with van der Waals surface area (Å²) in [6, 6.07) is 8.57. The van der Waals surface area contributed by atoms with Crippen molar-refractivity contribution in [3.63, 3.8) is 0 Å². The second-order valence-electron chi connectivity index (χ2n) is 7.84. The van der Waals surface area contributed by atoms with E-state index in [4.69, 9.17) is 4.52 Å². The molecule has 0 atom stereocenters. The van der Waals surface area contributed by atoms with Crippen molar-refractivity contribution >= 4 is 10.9 Å². The second kappa shape index (κ2) is 7.62. The van der Waals surface area contributed by atoms with E-state index in [0.717, 1.165) is 42.3 Å². The van der Waals surface area contributed by atoms with Crippen LogP contribution in [0.3, 0.4) is 0 Å². The van der Waals surface area contributed by atoms with Crippen molar-refractivity contribution in [2.24, 2.45) is 5.92 Å². The first-order chi connectivity index (χ1) is 12.7. The summed E-state index contributed by atoms with van der Waals surface area (Å²) in [5.41, 5.74) is 3.39. The van der Waals surface area contributed by atoms with Gasteiger partial charge in [0.25, 0.3) is 5.89 Å². The molecule has 0 spiro atoms. The first-order valence-corrected chi connectivity index (χ1v) is 9.77. The van der Waals surface area contributed by atoms with Crippen LogP contribution in [-0.4, -0.2) is 40.7 Å². The molecule has 4 rings (SSSR count). The largest absolute Gasteiger partial charge is 0.351 e. The van der Waals surface area contributed by atoms with Gasteiger partial charge in [-0.25, -0.2) is 0 Å². The summed E-state index contributed by atoms with van der Waals surface area (Å²) >= 11 is 0. The number of aromatic amines is 1. The first kappa shape index (κ1) is 17.3. The topological polar surface area (TPSA) is 58.0 Å². The Morgan fingerprint density at radius 2 is 2.04 bits per heavy atom. The molecule has 2 heterocycles. The number of nitrogens with one attached hydrogen (secondary N) is 1. The highest BCUT2D eigenvalue weighted by Gasteiger charge is 2.18. The summed E-state index contributed by atoms with van der Waals surface area (Å²) in [6.45, 7) is 1.03. The van der Waals surface area contributed by atoms with Gasteiger partial charge in [0.1, 0.15) is 5.69 Å². The van der Waals surface area contributed by atoms with Crippen molar-refractivity contribution in [2.75, 3.05) is 20.6 Å². The molecule has 0 unspecified atom stereocenters. The van der Waals surface area contributed by atoms with Crippen molar-refractivity contribution < 1.29 is 4.52 Å². The molecule has 0 bridgehead atoms. The number of benzene rings is 1. The molecule has 0 saturated heterocycles. The average Bonchev–Trinajstić information content (AvgIpc) is 3.27. The third-order valence-electron chi connectivity index (χ3n) is 5.48. The first-order valence-electron chi connectivity index (χ1n) is 9.77. The minimum Gasteiger partial charge on any atom is -0.351 e. The van der Waals surface area contributed by atoms with E-state index >= 15 is 0 Å². The van der Waals surface area contributed by atoms with Crippen molar-refractivity contribution in [1.82, 2.24) is 20.0 Å². The van der Waals surface area contributed by atoms with Gasteiger partial charge < -0.3 is 14.4 Å². The summed E-state index contributed by atoms with van der Waals surface area (Å²) in [5, 5.41) is 5.47. The number of aromatic nitrogens is 3. The molecule has 138 valence electrons. The van der Waals surface area contributed by atoms with Gasteiger partial charge in [0.05, 0.1) is 0 Å². The molecule has 26 heavy (non-hydrogen) atoms. The van der Waals surface area contributed by atoms with Crippen LogP contribution in [0, 0.1) is 5.92 Å². The SMILES string of the molecule is CN(C)CCc1cccc2[nH]c(-c3nc(CC4CCCCC4)no3)cc12. The Morgan fingerprint density at radius 1 is 1.19 bits per heavy atom. The quantitative estimate of drug-likeness (QED) is 0.712. The Bertz CT molecular complexity index is 858. The lowest BCUT2D eigenvalue weighted by Crippen LogP contribution is -2.15. The smallest absolute Gasteiger partial charge is 0.274 e. The minimum atomic E-state index is 0.602. The zero-order valence-electron chi connectivity index (χ0n) is 15.8. The van der Waals surface area contributed by atoms with Gasteiger partial charge in [-0.3, -0.25) is 0 Å². The van der Waals surface area contributed by atoms with Gasteiger partial charge in [0.2, 0.25) is 0 Å². The number of nitrogens with zero attached hydrogens (tertiary/aromatic N) is 3.